The Balaban J connectivity index is 2.00. The van der Waals surface area contributed by atoms with Gasteiger partial charge in [-0.05, 0) is 24.5 Å². The largest absolute Gasteiger partial charge is 0.493 e. The smallest absolute Gasteiger partial charge is 0.224 e. The van der Waals surface area contributed by atoms with Crippen molar-refractivity contribution in [3.05, 3.63) is 23.8 Å². The second-order valence-electron chi connectivity index (χ2n) is 4.29. The molecule has 3 nitrogen and oxygen atoms in total. The standard InChI is InChI=1S/C13H16BrNO2/c1-9(14)6-7-17-11-4-2-10-3-5-13(16)15-12(10)8-11/h2,4,8-9H,3,5-7H2,1H3,(H,15,16). The van der Waals surface area contributed by atoms with Crippen LogP contribution in [-0.2, 0) is 11.2 Å². The first-order chi connectivity index (χ1) is 8.15. The molecular formula is C13H16BrNO2. The third-order valence-electron chi connectivity index (χ3n) is 2.76. The molecule has 1 aliphatic rings. The van der Waals surface area contributed by atoms with Crippen LogP contribution < -0.4 is 10.1 Å². The van der Waals surface area contributed by atoms with Crippen LogP contribution in [0.25, 0.3) is 0 Å². The van der Waals surface area contributed by atoms with Crippen molar-refractivity contribution in [2.24, 2.45) is 0 Å². The highest BCUT2D eigenvalue weighted by atomic mass is 79.9. The van der Waals surface area contributed by atoms with Gasteiger partial charge in [-0.1, -0.05) is 28.9 Å². The molecule has 1 aliphatic heterocycles. The van der Waals surface area contributed by atoms with Gasteiger partial charge < -0.3 is 10.1 Å². The highest BCUT2D eigenvalue weighted by molar-refractivity contribution is 9.09. The van der Waals surface area contributed by atoms with Gasteiger partial charge in [0.1, 0.15) is 5.75 Å². The van der Waals surface area contributed by atoms with Crippen LogP contribution in [0.15, 0.2) is 18.2 Å². The monoisotopic (exact) mass is 297 g/mol. The second kappa shape index (κ2) is 5.54. The van der Waals surface area contributed by atoms with Crippen LogP contribution in [0, 0.1) is 0 Å². The van der Waals surface area contributed by atoms with Crippen LogP contribution in [0.2, 0.25) is 0 Å². The van der Waals surface area contributed by atoms with E-state index in [1.54, 1.807) is 0 Å². The summed E-state index contributed by atoms with van der Waals surface area (Å²) in [5, 5.41) is 2.87. The van der Waals surface area contributed by atoms with Gasteiger partial charge in [-0.15, -0.1) is 0 Å². The molecule has 0 saturated heterocycles. The molecular weight excluding hydrogens is 282 g/mol. The van der Waals surface area contributed by atoms with Crippen LogP contribution in [0.3, 0.4) is 0 Å². The number of benzene rings is 1. The second-order valence-corrected chi connectivity index (χ2v) is 5.85. The third-order valence-corrected chi connectivity index (χ3v) is 3.22. The quantitative estimate of drug-likeness (QED) is 0.867. The Hall–Kier alpha value is -1.03. The molecule has 17 heavy (non-hydrogen) atoms. The zero-order valence-electron chi connectivity index (χ0n) is 9.83. The minimum atomic E-state index is 0.0868. The molecule has 0 aromatic heterocycles. The van der Waals surface area contributed by atoms with Gasteiger partial charge in [-0.3, -0.25) is 4.79 Å². The summed E-state index contributed by atoms with van der Waals surface area (Å²) in [6.45, 7) is 2.77. The van der Waals surface area contributed by atoms with E-state index in [-0.39, 0.29) is 5.91 Å². The third kappa shape index (κ3) is 3.46. The fourth-order valence-corrected chi connectivity index (χ4v) is 1.97. The number of fused-ring (bicyclic) bond motifs is 1. The lowest BCUT2D eigenvalue weighted by Gasteiger charge is -2.17. The molecule has 4 heteroatoms. The predicted octanol–water partition coefficient (Wildman–Crippen LogP) is 3.12. The van der Waals surface area contributed by atoms with Gasteiger partial charge in [0.25, 0.3) is 0 Å². The van der Waals surface area contributed by atoms with Crippen LogP contribution >= 0.6 is 15.9 Å². The van der Waals surface area contributed by atoms with Crippen molar-refractivity contribution >= 4 is 27.5 Å². The minimum absolute atomic E-state index is 0.0868. The maximum Gasteiger partial charge on any atom is 0.224 e. The number of anilines is 1. The van der Waals surface area contributed by atoms with E-state index in [2.05, 4.69) is 28.2 Å². The van der Waals surface area contributed by atoms with Gasteiger partial charge in [-0.25, -0.2) is 0 Å². The Morgan fingerprint density at radius 2 is 2.29 bits per heavy atom. The summed E-state index contributed by atoms with van der Waals surface area (Å²) in [6, 6.07) is 5.90. The van der Waals surface area contributed by atoms with Gasteiger partial charge in [0, 0.05) is 23.0 Å². The van der Waals surface area contributed by atoms with Crippen molar-refractivity contribution in [2.75, 3.05) is 11.9 Å². The molecule has 1 amide bonds. The summed E-state index contributed by atoms with van der Waals surface area (Å²) in [5.41, 5.74) is 2.08. The van der Waals surface area contributed by atoms with E-state index in [1.165, 1.54) is 5.56 Å². The number of carbonyl (C=O) groups is 1. The van der Waals surface area contributed by atoms with E-state index in [1.807, 2.05) is 18.2 Å². The van der Waals surface area contributed by atoms with Crippen molar-refractivity contribution in [3.63, 3.8) is 0 Å². The number of nitrogens with one attached hydrogen (secondary N) is 1. The molecule has 0 aliphatic carbocycles. The maximum atomic E-state index is 11.3. The number of hydrogen-bond acceptors (Lipinski definition) is 2. The summed E-state index contributed by atoms with van der Waals surface area (Å²) in [4.78, 5) is 11.7. The van der Waals surface area contributed by atoms with Crippen LogP contribution in [0.4, 0.5) is 5.69 Å². The summed E-state index contributed by atoms with van der Waals surface area (Å²) in [6.07, 6.45) is 2.36. The highest BCUT2D eigenvalue weighted by Gasteiger charge is 2.14. The van der Waals surface area contributed by atoms with Gasteiger partial charge in [0.2, 0.25) is 5.91 Å². The summed E-state index contributed by atoms with van der Waals surface area (Å²) in [7, 11) is 0. The van der Waals surface area contributed by atoms with Gasteiger partial charge in [-0.2, -0.15) is 0 Å². The van der Waals surface area contributed by atoms with Crippen molar-refractivity contribution in [3.8, 4) is 5.75 Å². The molecule has 1 atom stereocenters. The van der Waals surface area contributed by atoms with E-state index in [0.717, 1.165) is 24.3 Å². The summed E-state index contributed by atoms with van der Waals surface area (Å²) < 4.78 is 5.64. The predicted molar refractivity (Wildman–Crippen MR) is 71.9 cm³/mol. The lowest BCUT2D eigenvalue weighted by atomic mass is 10.0. The zero-order chi connectivity index (χ0) is 12.3. The molecule has 1 aromatic rings. The zero-order valence-corrected chi connectivity index (χ0v) is 11.4. The molecule has 0 fully saturated rings. The SMILES string of the molecule is CC(Br)CCOc1ccc2c(c1)NC(=O)CC2. The molecule has 1 unspecified atom stereocenters. The average molecular weight is 298 g/mol. The number of halogens is 1. The van der Waals surface area contributed by atoms with E-state index in [4.69, 9.17) is 4.74 Å². The number of alkyl halides is 1. The Labute approximate surface area is 110 Å². The maximum absolute atomic E-state index is 11.3. The van der Waals surface area contributed by atoms with Gasteiger partial charge >= 0.3 is 0 Å². The highest BCUT2D eigenvalue weighted by Crippen LogP contribution is 2.27. The lowest BCUT2D eigenvalue weighted by Crippen LogP contribution is -2.18. The first-order valence-corrected chi connectivity index (χ1v) is 6.76. The summed E-state index contributed by atoms with van der Waals surface area (Å²) in [5.74, 6) is 0.905. The van der Waals surface area contributed by atoms with Crippen molar-refractivity contribution in [1.29, 1.82) is 0 Å². The van der Waals surface area contributed by atoms with Gasteiger partial charge in [0.15, 0.2) is 0 Å². The lowest BCUT2D eigenvalue weighted by molar-refractivity contribution is -0.116. The topological polar surface area (TPSA) is 38.3 Å². The fraction of sp³-hybridized carbons (Fsp3) is 0.462. The molecule has 1 heterocycles. The number of aryl methyl sites for hydroxylation is 1. The molecule has 0 radical (unpaired) electrons. The number of carbonyl (C=O) groups excluding carboxylic acids is 1. The average Bonchev–Trinajstić information content (AvgIpc) is 2.28. The van der Waals surface area contributed by atoms with Crippen LogP contribution in [-0.4, -0.2) is 17.3 Å². The molecule has 1 N–H and O–H groups in total. The number of ether oxygens (including phenoxy) is 1. The number of rotatable bonds is 4. The molecule has 2 rings (SSSR count). The first kappa shape index (κ1) is 12.4. The normalized spacial score (nSPS) is 16.0. The number of hydrogen-bond donors (Lipinski definition) is 1. The first-order valence-electron chi connectivity index (χ1n) is 5.85. The van der Waals surface area contributed by atoms with Crippen molar-refractivity contribution < 1.29 is 9.53 Å². The van der Waals surface area contributed by atoms with E-state index < -0.39 is 0 Å². The Bertz CT molecular complexity index is 418. The Kier molecular flexibility index (Phi) is 4.05. The fourth-order valence-electron chi connectivity index (χ4n) is 1.78. The van der Waals surface area contributed by atoms with Gasteiger partial charge in [0.05, 0.1) is 6.61 Å². The van der Waals surface area contributed by atoms with Crippen molar-refractivity contribution in [2.45, 2.75) is 31.0 Å². The molecule has 92 valence electrons. The van der Waals surface area contributed by atoms with E-state index in [0.29, 0.717) is 17.9 Å². The Morgan fingerprint density at radius 1 is 1.47 bits per heavy atom. The Morgan fingerprint density at radius 3 is 3.06 bits per heavy atom. The molecule has 0 spiro atoms. The number of amides is 1. The summed E-state index contributed by atoms with van der Waals surface area (Å²) >= 11 is 3.48. The van der Waals surface area contributed by atoms with Crippen LogP contribution in [0.1, 0.15) is 25.3 Å². The minimum Gasteiger partial charge on any atom is -0.493 e. The van der Waals surface area contributed by atoms with Crippen LogP contribution in [0.5, 0.6) is 5.75 Å². The van der Waals surface area contributed by atoms with E-state index in [9.17, 15) is 4.79 Å². The molecule has 0 bridgehead atoms. The molecule has 1 aromatic carbocycles. The van der Waals surface area contributed by atoms with Crippen molar-refractivity contribution in [1.82, 2.24) is 0 Å². The van der Waals surface area contributed by atoms with E-state index >= 15 is 0 Å². The molecule has 0 saturated carbocycles.